The second kappa shape index (κ2) is 6.48. The molecule has 1 aliphatic rings. The van der Waals surface area contributed by atoms with Crippen LogP contribution in [0.25, 0.3) is 0 Å². The number of halogens is 1. The zero-order valence-electron chi connectivity index (χ0n) is 12.4. The van der Waals surface area contributed by atoms with Gasteiger partial charge in [0.05, 0.1) is 12.0 Å². The molecule has 5 heteroatoms. The second-order valence-corrected chi connectivity index (χ2v) is 5.65. The Bertz CT molecular complexity index is 523. The van der Waals surface area contributed by atoms with Crippen LogP contribution in [0, 0.1) is 0 Å². The van der Waals surface area contributed by atoms with Gasteiger partial charge in [-0.25, -0.2) is 0 Å². The number of carbonyl (C=O) groups is 2. The molecule has 0 unspecified atom stereocenters. The van der Waals surface area contributed by atoms with E-state index in [9.17, 15) is 9.59 Å². The van der Waals surface area contributed by atoms with Gasteiger partial charge < -0.3 is 9.64 Å². The van der Waals surface area contributed by atoms with Crippen LogP contribution >= 0.6 is 11.6 Å². The minimum atomic E-state index is -0.479. The summed E-state index contributed by atoms with van der Waals surface area (Å²) in [5, 5.41) is 0.654. The molecule has 0 aliphatic heterocycles. The van der Waals surface area contributed by atoms with E-state index in [0.717, 1.165) is 18.4 Å². The summed E-state index contributed by atoms with van der Waals surface area (Å²) in [6.45, 7) is 4.46. The van der Waals surface area contributed by atoms with Crippen molar-refractivity contribution in [3.8, 4) is 0 Å². The highest BCUT2D eigenvalue weighted by Crippen LogP contribution is 2.49. The van der Waals surface area contributed by atoms with Crippen molar-refractivity contribution in [2.75, 3.05) is 19.7 Å². The molecule has 1 aromatic rings. The molecule has 1 aromatic carbocycles. The zero-order valence-corrected chi connectivity index (χ0v) is 13.2. The lowest BCUT2D eigenvalue weighted by molar-refractivity contribution is -0.149. The quantitative estimate of drug-likeness (QED) is 0.759. The van der Waals surface area contributed by atoms with Gasteiger partial charge in [-0.05, 0) is 44.4 Å². The molecule has 1 amide bonds. The van der Waals surface area contributed by atoms with E-state index < -0.39 is 5.41 Å². The van der Waals surface area contributed by atoms with Gasteiger partial charge in [0.15, 0.2) is 0 Å². The summed E-state index contributed by atoms with van der Waals surface area (Å²) in [6.07, 6.45) is 1.62. The normalized spacial score (nSPS) is 15.4. The minimum absolute atomic E-state index is 0.000348. The van der Waals surface area contributed by atoms with Crippen molar-refractivity contribution in [3.63, 3.8) is 0 Å². The van der Waals surface area contributed by atoms with E-state index in [4.69, 9.17) is 16.3 Å². The van der Waals surface area contributed by atoms with Crippen LogP contribution in [0.5, 0.6) is 0 Å². The third-order valence-corrected chi connectivity index (χ3v) is 4.10. The van der Waals surface area contributed by atoms with Crippen LogP contribution < -0.4 is 0 Å². The molecule has 0 heterocycles. The van der Waals surface area contributed by atoms with Crippen molar-refractivity contribution in [3.05, 3.63) is 34.9 Å². The Labute approximate surface area is 130 Å². The average molecular weight is 310 g/mol. The number of ether oxygens (including phenoxy) is 1. The van der Waals surface area contributed by atoms with Crippen LogP contribution in [0.3, 0.4) is 0 Å². The Morgan fingerprint density at radius 1 is 1.24 bits per heavy atom. The third-order valence-electron chi connectivity index (χ3n) is 3.85. The smallest absolute Gasteiger partial charge is 0.325 e. The van der Waals surface area contributed by atoms with Crippen molar-refractivity contribution in [2.45, 2.75) is 32.1 Å². The van der Waals surface area contributed by atoms with Gasteiger partial charge in [-0.15, -0.1) is 0 Å². The zero-order chi connectivity index (χ0) is 15.5. The standard InChI is InChI=1S/C16H20ClNO3/c1-3-18(11-14(19)21-4-2)15(20)16(9-10-16)12-5-7-13(17)8-6-12/h5-8H,3-4,9-11H2,1-2H3. The van der Waals surface area contributed by atoms with E-state index in [1.807, 2.05) is 19.1 Å². The predicted octanol–water partition coefficient (Wildman–Crippen LogP) is 2.78. The lowest BCUT2D eigenvalue weighted by Crippen LogP contribution is -2.42. The molecule has 4 nitrogen and oxygen atoms in total. The maximum absolute atomic E-state index is 12.8. The predicted molar refractivity (Wildman–Crippen MR) is 81.3 cm³/mol. The number of amides is 1. The van der Waals surface area contributed by atoms with E-state index in [2.05, 4.69) is 0 Å². The molecule has 0 aromatic heterocycles. The maximum atomic E-state index is 12.8. The SMILES string of the molecule is CCOC(=O)CN(CC)C(=O)C1(c2ccc(Cl)cc2)CC1. The number of rotatable bonds is 6. The third kappa shape index (κ3) is 3.38. The van der Waals surface area contributed by atoms with Gasteiger partial charge in [-0.1, -0.05) is 23.7 Å². The van der Waals surface area contributed by atoms with E-state index >= 15 is 0 Å². The van der Waals surface area contributed by atoms with Crippen molar-refractivity contribution in [1.82, 2.24) is 4.90 Å². The maximum Gasteiger partial charge on any atom is 0.325 e. The van der Waals surface area contributed by atoms with Gasteiger partial charge in [0.1, 0.15) is 6.54 Å². The van der Waals surface area contributed by atoms with Crippen molar-refractivity contribution < 1.29 is 14.3 Å². The molecular formula is C16H20ClNO3. The summed E-state index contributed by atoms with van der Waals surface area (Å²) in [7, 11) is 0. The van der Waals surface area contributed by atoms with E-state index in [1.165, 1.54) is 0 Å². The van der Waals surface area contributed by atoms with E-state index in [-0.39, 0.29) is 18.4 Å². The van der Waals surface area contributed by atoms with Crippen LogP contribution in [-0.2, 0) is 19.7 Å². The minimum Gasteiger partial charge on any atom is -0.465 e. The first-order chi connectivity index (χ1) is 10.0. The average Bonchev–Trinajstić information content (AvgIpc) is 3.27. The highest BCUT2D eigenvalue weighted by atomic mass is 35.5. The largest absolute Gasteiger partial charge is 0.465 e. The molecule has 0 bridgehead atoms. The van der Waals surface area contributed by atoms with E-state index in [1.54, 1.807) is 24.0 Å². The van der Waals surface area contributed by atoms with Gasteiger partial charge in [0, 0.05) is 11.6 Å². The highest BCUT2D eigenvalue weighted by molar-refractivity contribution is 6.30. The molecule has 1 fully saturated rings. The van der Waals surface area contributed by atoms with Gasteiger partial charge in [-0.3, -0.25) is 9.59 Å². The molecule has 0 radical (unpaired) electrons. The lowest BCUT2D eigenvalue weighted by atomic mass is 9.94. The Hall–Kier alpha value is -1.55. The summed E-state index contributed by atoms with van der Waals surface area (Å²) >= 11 is 5.90. The number of likely N-dealkylation sites (N-methyl/N-ethyl adjacent to an activating group) is 1. The molecule has 0 spiro atoms. The van der Waals surface area contributed by atoms with Gasteiger partial charge in [0.2, 0.25) is 5.91 Å². The summed E-state index contributed by atoms with van der Waals surface area (Å²) in [6, 6.07) is 7.38. The van der Waals surface area contributed by atoms with Crippen LogP contribution in [0.2, 0.25) is 5.02 Å². The molecule has 0 N–H and O–H groups in total. The molecular weight excluding hydrogens is 290 g/mol. The molecule has 1 saturated carbocycles. The number of hydrogen-bond acceptors (Lipinski definition) is 3. The molecule has 2 rings (SSSR count). The fraction of sp³-hybridized carbons (Fsp3) is 0.500. The number of benzene rings is 1. The van der Waals surface area contributed by atoms with Crippen LogP contribution in [0.1, 0.15) is 32.3 Å². The molecule has 114 valence electrons. The summed E-state index contributed by atoms with van der Waals surface area (Å²) in [5.41, 5.74) is 0.492. The van der Waals surface area contributed by atoms with Crippen molar-refractivity contribution in [2.24, 2.45) is 0 Å². The van der Waals surface area contributed by atoms with Gasteiger partial charge in [0.25, 0.3) is 0 Å². The topological polar surface area (TPSA) is 46.6 Å². The Morgan fingerprint density at radius 2 is 1.86 bits per heavy atom. The first-order valence-corrected chi connectivity index (χ1v) is 7.62. The Kier molecular flexibility index (Phi) is 4.88. The summed E-state index contributed by atoms with van der Waals surface area (Å²) in [5.74, 6) is -0.361. The highest BCUT2D eigenvalue weighted by Gasteiger charge is 2.52. The monoisotopic (exact) mass is 309 g/mol. The van der Waals surface area contributed by atoms with Crippen molar-refractivity contribution in [1.29, 1.82) is 0 Å². The molecule has 0 atom stereocenters. The first kappa shape index (κ1) is 15.8. The van der Waals surface area contributed by atoms with Gasteiger partial charge in [-0.2, -0.15) is 0 Å². The van der Waals surface area contributed by atoms with Crippen LogP contribution in [-0.4, -0.2) is 36.5 Å². The lowest BCUT2D eigenvalue weighted by Gasteiger charge is -2.25. The number of hydrogen-bond donors (Lipinski definition) is 0. The van der Waals surface area contributed by atoms with Crippen LogP contribution in [0.4, 0.5) is 0 Å². The Balaban J connectivity index is 2.13. The van der Waals surface area contributed by atoms with Crippen molar-refractivity contribution >= 4 is 23.5 Å². The fourth-order valence-corrected chi connectivity index (χ4v) is 2.64. The summed E-state index contributed by atoms with van der Waals surface area (Å²) < 4.78 is 4.93. The molecule has 1 aliphatic carbocycles. The number of nitrogens with zero attached hydrogens (tertiary/aromatic N) is 1. The molecule has 21 heavy (non-hydrogen) atoms. The fourth-order valence-electron chi connectivity index (χ4n) is 2.51. The van der Waals surface area contributed by atoms with Gasteiger partial charge >= 0.3 is 5.97 Å². The van der Waals surface area contributed by atoms with Crippen LogP contribution in [0.15, 0.2) is 24.3 Å². The Morgan fingerprint density at radius 3 is 2.33 bits per heavy atom. The first-order valence-electron chi connectivity index (χ1n) is 7.24. The number of esters is 1. The second-order valence-electron chi connectivity index (χ2n) is 5.21. The van der Waals surface area contributed by atoms with E-state index in [0.29, 0.717) is 18.2 Å². The molecule has 0 saturated heterocycles. The number of carbonyl (C=O) groups excluding carboxylic acids is 2. The summed E-state index contributed by atoms with van der Waals surface area (Å²) in [4.78, 5) is 25.9.